The number of hydrogen-bond donors (Lipinski definition) is 1. The third kappa shape index (κ3) is 5.78. The lowest BCUT2D eigenvalue weighted by atomic mass is 10.1. The van der Waals surface area contributed by atoms with Crippen molar-refractivity contribution in [3.05, 3.63) is 89.4 Å². The van der Waals surface area contributed by atoms with Gasteiger partial charge in [-0.15, -0.1) is 0 Å². The summed E-state index contributed by atoms with van der Waals surface area (Å²) < 4.78 is 30.4. The van der Waals surface area contributed by atoms with Crippen LogP contribution in [0.4, 0.5) is 10.1 Å². The van der Waals surface area contributed by atoms with Crippen LogP contribution in [0.2, 0.25) is 0 Å². The second-order valence-corrected chi connectivity index (χ2v) is 8.00. The third-order valence-corrected chi connectivity index (χ3v) is 5.45. The third-order valence-electron chi connectivity index (χ3n) is 5.17. The molecule has 6 nitrogen and oxygen atoms in total. The Morgan fingerprint density at radius 1 is 0.914 bits per heavy atom. The van der Waals surface area contributed by atoms with E-state index in [0.717, 1.165) is 11.1 Å². The fourth-order valence-electron chi connectivity index (χ4n) is 3.54. The van der Waals surface area contributed by atoms with Gasteiger partial charge in [-0.2, -0.15) is 0 Å². The highest BCUT2D eigenvalue weighted by molar-refractivity contribution is 7.80. The Bertz CT molecular complexity index is 1240. The summed E-state index contributed by atoms with van der Waals surface area (Å²) in [7, 11) is 0. The summed E-state index contributed by atoms with van der Waals surface area (Å²) in [6, 6.07) is 18.7. The first kappa shape index (κ1) is 24.2. The molecule has 0 aromatic heterocycles. The summed E-state index contributed by atoms with van der Waals surface area (Å²) >= 11 is 5.30. The van der Waals surface area contributed by atoms with Crippen molar-refractivity contribution in [3.63, 3.8) is 0 Å². The number of amides is 1. The van der Waals surface area contributed by atoms with Crippen molar-refractivity contribution in [2.75, 3.05) is 18.1 Å². The summed E-state index contributed by atoms with van der Waals surface area (Å²) in [4.78, 5) is 14.2. The van der Waals surface area contributed by atoms with Crippen LogP contribution in [0.25, 0.3) is 6.08 Å². The zero-order chi connectivity index (χ0) is 24.8. The minimum atomic E-state index is -0.380. The number of rotatable bonds is 9. The molecule has 0 saturated carbocycles. The molecule has 8 heteroatoms. The highest BCUT2D eigenvalue weighted by atomic mass is 32.1. The van der Waals surface area contributed by atoms with Gasteiger partial charge in [-0.25, -0.2) is 4.39 Å². The Labute approximate surface area is 208 Å². The van der Waals surface area contributed by atoms with Crippen LogP contribution in [0.15, 0.2) is 72.4 Å². The van der Waals surface area contributed by atoms with Crippen LogP contribution in [0.1, 0.15) is 25.0 Å². The molecule has 0 unspecified atom stereocenters. The topological polar surface area (TPSA) is 60.0 Å². The lowest BCUT2D eigenvalue weighted by molar-refractivity contribution is -0.113. The number of nitrogens with one attached hydrogen (secondary N) is 1. The van der Waals surface area contributed by atoms with Crippen LogP contribution in [0.3, 0.4) is 0 Å². The van der Waals surface area contributed by atoms with Crippen LogP contribution >= 0.6 is 12.2 Å². The molecule has 0 spiro atoms. The Morgan fingerprint density at radius 2 is 1.60 bits per heavy atom. The predicted octanol–water partition coefficient (Wildman–Crippen LogP) is 5.46. The molecule has 1 fully saturated rings. The zero-order valence-corrected chi connectivity index (χ0v) is 20.2. The number of nitrogens with zero attached hydrogens (tertiary/aromatic N) is 1. The fourth-order valence-corrected chi connectivity index (χ4v) is 3.84. The van der Waals surface area contributed by atoms with Gasteiger partial charge >= 0.3 is 0 Å². The maximum absolute atomic E-state index is 13.2. The van der Waals surface area contributed by atoms with E-state index >= 15 is 0 Å². The molecule has 1 heterocycles. The summed E-state index contributed by atoms with van der Waals surface area (Å²) in [6.45, 7) is 5.34. The Hall–Kier alpha value is -3.91. The van der Waals surface area contributed by atoms with Gasteiger partial charge in [-0.3, -0.25) is 9.69 Å². The van der Waals surface area contributed by atoms with Crippen molar-refractivity contribution in [3.8, 4) is 17.2 Å². The van der Waals surface area contributed by atoms with Crippen LogP contribution in [-0.2, 0) is 11.4 Å². The summed E-state index contributed by atoms with van der Waals surface area (Å²) in [5, 5.41) is 3.17. The minimum Gasteiger partial charge on any atom is -0.490 e. The Kier molecular flexibility index (Phi) is 7.62. The standard InChI is InChI=1S/C27H25FN2O4S/c1-3-32-24-14-7-19(16-25(24)33-4-2)17-34-22-12-5-18(6-13-22)15-23-26(31)30(27(35)29-23)21-10-8-20(28)9-11-21/h5-16H,3-4,17H2,1-2H3,(H,29,35)/b23-15+. The number of anilines is 1. The fraction of sp³-hybridized carbons (Fsp3) is 0.185. The molecule has 3 aromatic carbocycles. The van der Waals surface area contributed by atoms with Crippen molar-refractivity contribution in [2.24, 2.45) is 0 Å². The number of carbonyl (C=O) groups excluding carboxylic acids is 1. The van der Waals surface area contributed by atoms with Gasteiger partial charge in [0.25, 0.3) is 5.91 Å². The van der Waals surface area contributed by atoms with E-state index in [2.05, 4.69) is 5.32 Å². The number of thiocarbonyl (C=S) groups is 1. The molecule has 0 radical (unpaired) electrons. The predicted molar refractivity (Wildman–Crippen MR) is 137 cm³/mol. The Morgan fingerprint density at radius 3 is 2.29 bits per heavy atom. The van der Waals surface area contributed by atoms with E-state index in [0.29, 0.717) is 48.5 Å². The van der Waals surface area contributed by atoms with Gasteiger partial charge in [-0.05, 0) is 91.8 Å². The molecule has 1 amide bonds. The van der Waals surface area contributed by atoms with Crippen molar-refractivity contribution in [2.45, 2.75) is 20.5 Å². The molecule has 1 N–H and O–H groups in total. The van der Waals surface area contributed by atoms with Gasteiger partial charge in [0.1, 0.15) is 23.9 Å². The monoisotopic (exact) mass is 492 g/mol. The van der Waals surface area contributed by atoms with Crippen LogP contribution in [0.5, 0.6) is 17.2 Å². The van der Waals surface area contributed by atoms with Gasteiger partial charge in [0, 0.05) is 0 Å². The smallest absolute Gasteiger partial charge is 0.281 e. The highest BCUT2D eigenvalue weighted by Crippen LogP contribution is 2.29. The first-order chi connectivity index (χ1) is 17.0. The van der Waals surface area contributed by atoms with E-state index < -0.39 is 0 Å². The van der Waals surface area contributed by atoms with Crippen molar-refractivity contribution >= 4 is 35.0 Å². The van der Waals surface area contributed by atoms with Gasteiger partial charge < -0.3 is 19.5 Å². The van der Waals surface area contributed by atoms with E-state index in [1.807, 2.05) is 56.3 Å². The quantitative estimate of drug-likeness (QED) is 0.316. The largest absolute Gasteiger partial charge is 0.490 e. The Balaban J connectivity index is 1.41. The van der Waals surface area contributed by atoms with Crippen LogP contribution in [0, 0.1) is 5.82 Å². The molecular weight excluding hydrogens is 467 g/mol. The molecule has 0 aliphatic carbocycles. The number of benzene rings is 3. The summed E-state index contributed by atoms with van der Waals surface area (Å²) in [5.41, 5.74) is 2.60. The maximum Gasteiger partial charge on any atom is 0.281 e. The van der Waals surface area contributed by atoms with E-state index in [1.54, 1.807) is 6.08 Å². The first-order valence-electron chi connectivity index (χ1n) is 11.2. The SMILES string of the molecule is CCOc1ccc(COc2ccc(/C=C3/NC(=S)N(c4ccc(F)cc4)C3=O)cc2)cc1OCC. The minimum absolute atomic E-state index is 0.245. The molecule has 4 rings (SSSR count). The second kappa shape index (κ2) is 11.0. The van der Waals surface area contributed by atoms with Crippen molar-refractivity contribution in [1.82, 2.24) is 5.32 Å². The van der Waals surface area contributed by atoms with Crippen LogP contribution in [-0.4, -0.2) is 24.2 Å². The molecule has 3 aromatic rings. The molecule has 0 atom stereocenters. The first-order valence-corrected chi connectivity index (χ1v) is 11.6. The van der Waals surface area contributed by atoms with E-state index in [-0.39, 0.29) is 16.8 Å². The summed E-state index contributed by atoms with van der Waals surface area (Å²) in [6.07, 6.45) is 1.71. The highest BCUT2D eigenvalue weighted by Gasteiger charge is 2.31. The lowest BCUT2D eigenvalue weighted by Crippen LogP contribution is -2.30. The molecular formula is C27H25FN2O4S. The molecule has 1 aliphatic heterocycles. The van der Waals surface area contributed by atoms with Crippen molar-refractivity contribution < 1.29 is 23.4 Å². The average molecular weight is 493 g/mol. The van der Waals surface area contributed by atoms with Gasteiger partial charge in [0.15, 0.2) is 16.6 Å². The second-order valence-electron chi connectivity index (χ2n) is 7.61. The molecule has 35 heavy (non-hydrogen) atoms. The molecule has 1 aliphatic rings. The van der Waals surface area contributed by atoms with Gasteiger partial charge in [-0.1, -0.05) is 18.2 Å². The number of halogens is 1. The van der Waals surface area contributed by atoms with Gasteiger partial charge in [0.05, 0.1) is 18.9 Å². The van der Waals surface area contributed by atoms with Crippen molar-refractivity contribution in [1.29, 1.82) is 0 Å². The van der Waals surface area contributed by atoms with Crippen LogP contribution < -0.4 is 24.4 Å². The number of carbonyl (C=O) groups is 1. The lowest BCUT2D eigenvalue weighted by Gasteiger charge is -2.13. The molecule has 0 bridgehead atoms. The summed E-state index contributed by atoms with van der Waals surface area (Å²) in [5.74, 6) is 1.41. The molecule has 180 valence electrons. The van der Waals surface area contributed by atoms with E-state index in [4.69, 9.17) is 26.4 Å². The van der Waals surface area contributed by atoms with Gasteiger partial charge in [0.2, 0.25) is 0 Å². The molecule has 1 saturated heterocycles. The number of ether oxygens (including phenoxy) is 3. The average Bonchev–Trinajstić information content (AvgIpc) is 3.13. The maximum atomic E-state index is 13.2. The zero-order valence-electron chi connectivity index (χ0n) is 19.4. The van der Waals surface area contributed by atoms with E-state index in [1.165, 1.54) is 29.2 Å². The normalized spacial score (nSPS) is 14.3. The van der Waals surface area contributed by atoms with E-state index in [9.17, 15) is 9.18 Å². The number of hydrogen-bond acceptors (Lipinski definition) is 5.